The maximum Gasteiger partial charge on any atom is 0.307 e. The number of hydrogen-bond donors (Lipinski definition) is 1. The van der Waals surface area contributed by atoms with E-state index in [1.807, 2.05) is 19.1 Å². The molecule has 2 aromatic rings. The van der Waals surface area contributed by atoms with Crippen LogP contribution in [0.1, 0.15) is 92.4 Å². The predicted molar refractivity (Wildman–Crippen MR) is 208 cm³/mol. The van der Waals surface area contributed by atoms with Gasteiger partial charge in [0.05, 0.1) is 59.5 Å². The van der Waals surface area contributed by atoms with Gasteiger partial charge in [-0.15, -0.1) is 5.10 Å². The van der Waals surface area contributed by atoms with Gasteiger partial charge in [-0.2, -0.15) is 0 Å². The molecule has 0 unspecified atom stereocenters. The van der Waals surface area contributed by atoms with Crippen LogP contribution >= 0.6 is 0 Å². The third-order valence-corrected chi connectivity index (χ3v) is 13.4. The first-order valence-corrected chi connectivity index (χ1v) is 21.4. The van der Waals surface area contributed by atoms with Gasteiger partial charge in [0.1, 0.15) is 11.7 Å². The lowest BCUT2D eigenvalue weighted by molar-refractivity contribution is -0.160. The molecular weight excluding hydrogens is 741 g/mol. The largest absolute Gasteiger partial charge is 0.471 e. The number of nitrogens with zero attached hydrogens (tertiary/aromatic N) is 3. The Morgan fingerprint density at radius 2 is 1.75 bits per heavy atom. The molecule has 4 aliphatic rings. The summed E-state index contributed by atoms with van der Waals surface area (Å²) < 4.78 is 46.8. The molecule has 2 aliphatic heterocycles. The van der Waals surface area contributed by atoms with Gasteiger partial charge < -0.3 is 19.1 Å². The topological polar surface area (TPSA) is 180 Å². The fourth-order valence-corrected chi connectivity index (χ4v) is 9.71. The minimum Gasteiger partial charge on any atom is -0.471 e. The number of allylic oxidation sites excluding steroid dienone is 2. The van der Waals surface area contributed by atoms with Crippen LogP contribution in [0.2, 0.25) is 0 Å². The molecule has 0 bridgehead atoms. The number of esters is 1. The van der Waals surface area contributed by atoms with E-state index < -0.39 is 67.9 Å². The van der Waals surface area contributed by atoms with E-state index in [1.165, 1.54) is 16.7 Å². The molecule has 15 heteroatoms. The van der Waals surface area contributed by atoms with Crippen LogP contribution in [0.25, 0.3) is 10.8 Å². The summed E-state index contributed by atoms with van der Waals surface area (Å²) in [4.78, 5) is 71.5. The SMILES string of the molecule is COCCn1nc(O[C@@H]2C[C@H]3C(=O)C[C@]4(C(=O)NS(=O)(=O)C5CC5)C[C@H]4/C=C\CC[C@@H](C)C[C@@H](C)[C@H](CC(=O)OC(C)(C)C)C(=O)N3C2)c2ccccc2c1=O. The quantitative estimate of drug-likeness (QED) is 0.267. The molecule has 306 valence electrons. The summed E-state index contributed by atoms with van der Waals surface area (Å²) in [5.41, 5.74) is -2.37. The molecule has 2 saturated carbocycles. The van der Waals surface area contributed by atoms with Crippen molar-refractivity contribution in [1.29, 1.82) is 0 Å². The van der Waals surface area contributed by atoms with Gasteiger partial charge in [-0.05, 0) is 89.2 Å². The number of amides is 2. The Bertz CT molecular complexity index is 2040. The smallest absolute Gasteiger partial charge is 0.307 e. The Morgan fingerprint density at radius 3 is 2.43 bits per heavy atom. The van der Waals surface area contributed by atoms with Crippen LogP contribution in [-0.4, -0.2) is 89.9 Å². The Balaban J connectivity index is 1.37. The van der Waals surface area contributed by atoms with E-state index in [1.54, 1.807) is 45.0 Å². The molecule has 56 heavy (non-hydrogen) atoms. The molecule has 2 aliphatic carbocycles. The fraction of sp³-hybridized carbons (Fsp3) is 0.659. The van der Waals surface area contributed by atoms with Crippen LogP contribution in [0.15, 0.2) is 41.2 Å². The first-order chi connectivity index (χ1) is 26.4. The van der Waals surface area contributed by atoms with Crippen molar-refractivity contribution in [3.63, 3.8) is 0 Å². The number of carbonyl (C=O) groups excluding carboxylic acids is 4. The number of fused-ring (bicyclic) bond motifs is 3. The number of hydrogen-bond acceptors (Lipinski definition) is 11. The lowest BCUT2D eigenvalue weighted by atomic mass is 9.82. The molecule has 7 atom stereocenters. The molecule has 1 aromatic heterocycles. The third-order valence-electron chi connectivity index (χ3n) is 11.6. The predicted octanol–water partition coefficient (Wildman–Crippen LogP) is 4.33. The summed E-state index contributed by atoms with van der Waals surface area (Å²) in [5, 5.41) is 4.77. The summed E-state index contributed by atoms with van der Waals surface area (Å²) in [7, 11) is -2.36. The summed E-state index contributed by atoms with van der Waals surface area (Å²) in [6, 6.07) is 5.87. The molecule has 14 nitrogen and oxygen atoms in total. The van der Waals surface area contributed by atoms with Gasteiger partial charge in [0, 0.05) is 20.0 Å². The van der Waals surface area contributed by atoms with E-state index in [-0.39, 0.29) is 68.2 Å². The van der Waals surface area contributed by atoms with Crippen molar-refractivity contribution >= 4 is 44.4 Å². The lowest BCUT2D eigenvalue weighted by Crippen LogP contribution is -2.47. The highest BCUT2D eigenvalue weighted by atomic mass is 32.2. The number of rotatable bonds is 10. The Hall–Kier alpha value is -4.11. The van der Waals surface area contributed by atoms with Crippen LogP contribution in [0.3, 0.4) is 0 Å². The second-order valence-corrected chi connectivity index (χ2v) is 19.3. The van der Waals surface area contributed by atoms with Crippen molar-refractivity contribution in [3.05, 3.63) is 46.8 Å². The summed E-state index contributed by atoms with van der Waals surface area (Å²) in [6.45, 7) is 9.74. The maximum atomic E-state index is 14.9. The molecule has 2 amide bonds. The van der Waals surface area contributed by atoms with Crippen molar-refractivity contribution in [2.75, 3.05) is 20.3 Å². The van der Waals surface area contributed by atoms with E-state index in [9.17, 15) is 32.4 Å². The zero-order valence-electron chi connectivity index (χ0n) is 33.3. The highest BCUT2D eigenvalue weighted by molar-refractivity contribution is 7.90. The first kappa shape index (κ1) is 41.5. The number of nitrogens with one attached hydrogen (secondary N) is 1. The van der Waals surface area contributed by atoms with Gasteiger partial charge in [-0.3, -0.25) is 28.7 Å². The van der Waals surface area contributed by atoms with Gasteiger partial charge in [-0.1, -0.05) is 38.1 Å². The van der Waals surface area contributed by atoms with Gasteiger partial charge in [0.15, 0.2) is 5.78 Å². The number of Topliss-reactive ketones (excluding diaryl/α,β-unsaturated/α-hetero) is 1. The zero-order chi connectivity index (χ0) is 40.6. The van der Waals surface area contributed by atoms with Crippen molar-refractivity contribution in [2.45, 2.75) is 122 Å². The summed E-state index contributed by atoms with van der Waals surface area (Å²) >= 11 is 0. The minimum absolute atomic E-state index is 0.0197. The van der Waals surface area contributed by atoms with Gasteiger partial charge in [0.2, 0.25) is 27.7 Å². The van der Waals surface area contributed by atoms with E-state index in [4.69, 9.17) is 14.2 Å². The molecule has 1 saturated heterocycles. The monoisotopic (exact) mass is 796 g/mol. The van der Waals surface area contributed by atoms with Crippen molar-refractivity contribution in [3.8, 4) is 5.88 Å². The third kappa shape index (κ3) is 9.36. The average Bonchev–Trinajstić information content (AvgIpc) is 4.05. The number of benzene rings is 1. The molecule has 3 heterocycles. The van der Waals surface area contributed by atoms with Crippen LogP contribution < -0.4 is 15.0 Å². The second kappa shape index (κ2) is 16.4. The normalized spacial score (nSPS) is 29.4. The van der Waals surface area contributed by atoms with Crippen LogP contribution in [0, 0.1) is 29.1 Å². The number of ketones is 1. The standard InChI is InChI=1S/C41H56N4O10S/c1-25-11-7-8-12-27-22-41(27,39(50)43-56(51,52)29-15-16-29)23-34(46)33-20-28(24-44(33)37(48)32(26(2)19-25)21-35(47)55-40(3,4)5)54-36-30-13-9-10-14-31(30)38(49)45(42-36)17-18-53-6/h8-10,12-14,25-29,32-33H,7,11,15-24H2,1-6H3,(H,43,50)/b12-8-/t25-,26-,27-,28-,32+,33+,41-/m1/s1. The van der Waals surface area contributed by atoms with Gasteiger partial charge in [0.25, 0.3) is 5.56 Å². The van der Waals surface area contributed by atoms with Crippen LogP contribution in [0.4, 0.5) is 0 Å². The molecule has 0 spiro atoms. The van der Waals surface area contributed by atoms with Gasteiger partial charge >= 0.3 is 5.97 Å². The summed E-state index contributed by atoms with van der Waals surface area (Å²) in [6.07, 6.45) is 6.18. The van der Waals surface area contributed by atoms with Crippen molar-refractivity contribution in [2.24, 2.45) is 29.1 Å². The zero-order valence-corrected chi connectivity index (χ0v) is 34.1. The molecule has 1 aromatic carbocycles. The van der Waals surface area contributed by atoms with E-state index in [0.29, 0.717) is 42.9 Å². The number of carbonyl (C=O) groups is 4. The maximum absolute atomic E-state index is 14.9. The number of methoxy groups -OCH3 is 1. The van der Waals surface area contributed by atoms with E-state index in [0.717, 1.165) is 6.42 Å². The fourth-order valence-electron chi connectivity index (χ4n) is 8.33. The number of aromatic nitrogens is 2. The van der Waals surface area contributed by atoms with E-state index >= 15 is 0 Å². The molecular formula is C41H56N4O10S. The Morgan fingerprint density at radius 1 is 1.04 bits per heavy atom. The lowest BCUT2D eigenvalue weighted by Gasteiger charge is -2.32. The molecule has 1 N–H and O–H groups in total. The summed E-state index contributed by atoms with van der Waals surface area (Å²) in [5.74, 6) is -3.06. The highest BCUT2D eigenvalue weighted by Gasteiger charge is 2.61. The number of sulfonamides is 1. The Labute approximate surface area is 328 Å². The average molecular weight is 797 g/mol. The highest BCUT2D eigenvalue weighted by Crippen LogP contribution is 2.57. The van der Waals surface area contributed by atoms with E-state index in [2.05, 4.69) is 16.7 Å². The second-order valence-electron chi connectivity index (χ2n) is 17.4. The molecule has 0 radical (unpaired) electrons. The van der Waals surface area contributed by atoms with Crippen LogP contribution in [-0.2, 0) is 45.2 Å². The molecule has 3 fully saturated rings. The van der Waals surface area contributed by atoms with Gasteiger partial charge in [-0.25, -0.2) is 13.1 Å². The van der Waals surface area contributed by atoms with Crippen molar-refractivity contribution in [1.82, 2.24) is 19.4 Å². The van der Waals surface area contributed by atoms with Crippen LogP contribution in [0.5, 0.6) is 5.88 Å². The first-order valence-electron chi connectivity index (χ1n) is 19.9. The van der Waals surface area contributed by atoms with Crippen molar-refractivity contribution < 1.29 is 41.8 Å². The Kier molecular flexibility index (Phi) is 12.2. The number of ether oxygens (including phenoxy) is 3. The molecule has 6 rings (SSSR count). The minimum atomic E-state index is -3.88.